The molecule has 6 nitrogen and oxygen atoms in total. The van der Waals surface area contributed by atoms with Crippen molar-refractivity contribution in [3.05, 3.63) is 65.7 Å². The van der Waals surface area contributed by atoms with Crippen LogP contribution in [0.5, 0.6) is 5.75 Å². The van der Waals surface area contributed by atoms with Gasteiger partial charge in [-0.1, -0.05) is 42.5 Å². The Hall–Kier alpha value is -2.50. The quantitative estimate of drug-likeness (QED) is 0.300. The van der Waals surface area contributed by atoms with E-state index in [0.717, 1.165) is 11.1 Å². The van der Waals surface area contributed by atoms with Gasteiger partial charge in [0.25, 0.3) is 0 Å². The van der Waals surface area contributed by atoms with Crippen LogP contribution in [0.4, 0.5) is 13.2 Å². The lowest BCUT2D eigenvalue weighted by molar-refractivity contribution is -0.153. The SMILES string of the molecule is CN(C)C(=O)CNC(=NCc1ccccc1)NCc1ccc(OCC(F)(F)F)cc1.I. The molecule has 0 heterocycles. The topological polar surface area (TPSA) is 66.0 Å². The Labute approximate surface area is 196 Å². The molecule has 170 valence electrons. The van der Waals surface area contributed by atoms with Gasteiger partial charge in [0.2, 0.25) is 5.91 Å². The summed E-state index contributed by atoms with van der Waals surface area (Å²) in [4.78, 5) is 17.8. The van der Waals surface area contributed by atoms with Gasteiger partial charge >= 0.3 is 6.18 Å². The fourth-order valence-electron chi connectivity index (χ4n) is 2.30. The van der Waals surface area contributed by atoms with Crippen molar-refractivity contribution >= 4 is 35.8 Å². The number of carbonyl (C=O) groups is 1. The molecule has 2 aromatic carbocycles. The number of amides is 1. The molecular weight excluding hydrogens is 524 g/mol. The number of guanidine groups is 1. The highest BCUT2D eigenvalue weighted by atomic mass is 127. The van der Waals surface area contributed by atoms with Crippen LogP contribution < -0.4 is 15.4 Å². The van der Waals surface area contributed by atoms with Crippen LogP contribution in [0.25, 0.3) is 0 Å². The van der Waals surface area contributed by atoms with Crippen LogP contribution in [-0.2, 0) is 17.9 Å². The fourth-order valence-corrected chi connectivity index (χ4v) is 2.30. The predicted molar refractivity (Wildman–Crippen MR) is 125 cm³/mol. The molecule has 2 aromatic rings. The molecule has 0 aromatic heterocycles. The summed E-state index contributed by atoms with van der Waals surface area (Å²) in [6, 6.07) is 15.9. The predicted octanol–water partition coefficient (Wildman–Crippen LogP) is 3.57. The molecule has 0 fully saturated rings. The first kappa shape index (κ1) is 26.5. The van der Waals surface area contributed by atoms with Gasteiger partial charge in [-0.2, -0.15) is 13.2 Å². The first-order chi connectivity index (χ1) is 14.2. The smallest absolute Gasteiger partial charge is 0.422 e. The van der Waals surface area contributed by atoms with E-state index in [4.69, 9.17) is 4.74 Å². The van der Waals surface area contributed by atoms with E-state index in [2.05, 4.69) is 15.6 Å². The number of alkyl halides is 3. The van der Waals surface area contributed by atoms with Gasteiger partial charge in [0.1, 0.15) is 5.75 Å². The van der Waals surface area contributed by atoms with Crippen molar-refractivity contribution < 1.29 is 22.7 Å². The number of nitrogens with zero attached hydrogens (tertiary/aromatic N) is 2. The summed E-state index contributed by atoms with van der Waals surface area (Å²) in [6.07, 6.45) is -4.37. The molecule has 0 unspecified atom stereocenters. The van der Waals surface area contributed by atoms with Gasteiger partial charge in [-0.25, -0.2) is 4.99 Å². The van der Waals surface area contributed by atoms with Crippen LogP contribution >= 0.6 is 24.0 Å². The van der Waals surface area contributed by atoms with Crippen molar-refractivity contribution in [1.82, 2.24) is 15.5 Å². The molecule has 0 bridgehead atoms. The maximum absolute atomic E-state index is 12.2. The van der Waals surface area contributed by atoms with Crippen LogP contribution in [0, 0.1) is 0 Å². The number of hydrogen-bond donors (Lipinski definition) is 2. The van der Waals surface area contributed by atoms with Gasteiger partial charge in [0.15, 0.2) is 12.6 Å². The molecule has 2 N–H and O–H groups in total. The molecule has 0 spiro atoms. The second kappa shape index (κ2) is 13.0. The molecule has 0 saturated carbocycles. The van der Waals surface area contributed by atoms with Crippen LogP contribution in [0.2, 0.25) is 0 Å². The zero-order chi connectivity index (χ0) is 22.0. The molecule has 0 radical (unpaired) electrons. The third kappa shape index (κ3) is 10.9. The summed E-state index contributed by atoms with van der Waals surface area (Å²) in [7, 11) is 3.33. The Balaban J connectivity index is 0.00000480. The minimum absolute atomic E-state index is 0. The van der Waals surface area contributed by atoms with Crippen LogP contribution in [0.15, 0.2) is 59.6 Å². The van der Waals surface area contributed by atoms with E-state index < -0.39 is 12.8 Å². The van der Waals surface area contributed by atoms with Crippen molar-refractivity contribution in [2.45, 2.75) is 19.3 Å². The highest BCUT2D eigenvalue weighted by molar-refractivity contribution is 14.0. The summed E-state index contributed by atoms with van der Waals surface area (Å²) in [5.74, 6) is 0.491. The Morgan fingerprint density at radius 2 is 1.65 bits per heavy atom. The number of hydrogen-bond acceptors (Lipinski definition) is 3. The number of nitrogens with one attached hydrogen (secondary N) is 2. The Bertz CT molecular complexity index is 829. The average molecular weight is 550 g/mol. The maximum Gasteiger partial charge on any atom is 0.422 e. The Kier molecular flexibility index (Phi) is 11.2. The highest BCUT2D eigenvalue weighted by Gasteiger charge is 2.28. The van der Waals surface area contributed by atoms with E-state index in [-0.39, 0.29) is 42.2 Å². The van der Waals surface area contributed by atoms with Crippen LogP contribution in [-0.4, -0.2) is 50.2 Å². The molecule has 0 saturated heterocycles. The normalized spacial score (nSPS) is 11.3. The third-order valence-corrected chi connectivity index (χ3v) is 3.95. The second-order valence-electron chi connectivity index (χ2n) is 6.69. The standard InChI is InChI=1S/C21H25F3N4O2.HI/c1-28(2)19(29)14-27-20(25-12-16-6-4-3-5-7-16)26-13-17-8-10-18(11-9-17)30-15-21(22,23)24;/h3-11H,12-15H2,1-2H3,(H2,25,26,27);1H. The first-order valence-electron chi connectivity index (χ1n) is 9.28. The molecule has 0 aliphatic carbocycles. The zero-order valence-corrected chi connectivity index (χ0v) is 19.6. The number of aliphatic imine (C=N–C) groups is 1. The number of benzene rings is 2. The Morgan fingerprint density at radius 3 is 2.23 bits per heavy atom. The zero-order valence-electron chi connectivity index (χ0n) is 17.3. The summed E-state index contributed by atoms with van der Waals surface area (Å²) in [5, 5.41) is 6.11. The number of carbonyl (C=O) groups excluding carboxylic acids is 1. The van der Waals surface area contributed by atoms with Gasteiger partial charge in [-0.15, -0.1) is 24.0 Å². The minimum Gasteiger partial charge on any atom is -0.484 e. The van der Waals surface area contributed by atoms with E-state index in [1.54, 1.807) is 26.2 Å². The van der Waals surface area contributed by atoms with Gasteiger partial charge in [0, 0.05) is 20.6 Å². The van der Waals surface area contributed by atoms with Gasteiger partial charge < -0.3 is 20.3 Å². The number of likely N-dealkylation sites (N-methyl/N-ethyl adjacent to an activating group) is 1. The molecule has 31 heavy (non-hydrogen) atoms. The lowest BCUT2D eigenvalue weighted by atomic mass is 10.2. The van der Waals surface area contributed by atoms with Crippen LogP contribution in [0.3, 0.4) is 0 Å². The number of ether oxygens (including phenoxy) is 1. The monoisotopic (exact) mass is 550 g/mol. The molecule has 1 amide bonds. The van der Waals surface area contributed by atoms with E-state index in [9.17, 15) is 18.0 Å². The summed E-state index contributed by atoms with van der Waals surface area (Å²) < 4.78 is 41.4. The number of halogens is 4. The van der Waals surface area contributed by atoms with E-state index in [1.807, 2.05) is 30.3 Å². The van der Waals surface area contributed by atoms with Gasteiger partial charge in [-0.05, 0) is 23.3 Å². The molecule has 10 heteroatoms. The van der Waals surface area contributed by atoms with E-state index in [1.165, 1.54) is 17.0 Å². The first-order valence-corrected chi connectivity index (χ1v) is 9.28. The van der Waals surface area contributed by atoms with Gasteiger partial charge in [0.05, 0.1) is 13.1 Å². The molecule has 0 aliphatic rings. The van der Waals surface area contributed by atoms with Crippen molar-refractivity contribution in [2.24, 2.45) is 4.99 Å². The van der Waals surface area contributed by atoms with E-state index >= 15 is 0 Å². The summed E-state index contributed by atoms with van der Waals surface area (Å²) in [6.45, 7) is -0.449. The third-order valence-electron chi connectivity index (χ3n) is 3.95. The minimum atomic E-state index is -4.37. The van der Waals surface area contributed by atoms with Gasteiger partial charge in [-0.3, -0.25) is 4.79 Å². The lowest BCUT2D eigenvalue weighted by Crippen LogP contribution is -2.42. The Morgan fingerprint density at radius 1 is 1.00 bits per heavy atom. The van der Waals surface area contributed by atoms with Crippen LogP contribution in [0.1, 0.15) is 11.1 Å². The largest absolute Gasteiger partial charge is 0.484 e. The summed E-state index contributed by atoms with van der Waals surface area (Å²) in [5.41, 5.74) is 1.84. The summed E-state index contributed by atoms with van der Waals surface area (Å²) >= 11 is 0. The molecule has 0 atom stereocenters. The number of rotatable bonds is 8. The van der Waals surface area contributed by atoms with Crippen molar-refractivity contribution in [3.8, 4) is 5.75 Å². The molecule has 2 rings (SSSR count). The highest BCUT2D eigenvalue weighted by Crippen LogP contribution is 2.18. The van der Waals surface area contributed by atoms with Crippen molar-refractivity contribution in [2.75, 3.05) is 27.2 Å². The molecule has 0 aliphatic heterocycles. The molecular formula is C21H26F3IN4O2. The van der Waals surface area contributed by atoms with Crippen molar-refractivity contribution in [3.63, 3.8) is 0 Å². The fraction of sp³-hybridized carbons (Fsp3) is 0.333. The maximum atomic E-state index is 12.2. The van der Waals surface area contributed by atoms with E-state index in [0.29, 0.717) is 19.0 Å². The van der Waals surface area contributed by atoms with Crippen molar-refractivity contribution in [1.29, 1.82) is 0 Å². The lowest BCUT2D eigenvalue weighted by Gasteiger charge is -2.15. The second-order valence-corrected chi connectivity index (χ2v) is 6.69. The average Bonchev–Trinajstić information content (AvgIpc) is 2.72.